The van der Waals surface area contributed by atoms with E-state index in [1.807, 2.05) is 6.92 Å². The molecule has 1 unspecified atom stereocenters. The van der Waals surface area contributed by atoms with Crippen molar-refractivity contribution in [2.75, 3.05) is 25.0 Å². The van der Waals surface area contributed by atoms with Gasteiger partial charge in [0.1, 0.15) is 0 Å². The second-order valence-corrected chi connectivity index (χ2v) is 6.41. The average molecular weight is 359 g/mol. The fourth-order valence-corrected chi connectivity index (χ4v) is 2.85. The maximum Gasteiger partial charge on any atom is 0.255 e. The van der Waals surface area contributed by atoms with Crippen LogP contribution in [0.4, 0.5) is 5.69 Å². The topological polar surface area (TPSA) is 58.6 Å². The Morgan fingerprint density at radius 1 is 1.16 bits per heavy atom. The Bertz CT molecular complexity index is 776. The molecule has 1 saturated heterocycles. The number of halogens is 1. The highest BCUT2D eigenvalue weighted by atomic mass is 35.5. The number of hydrogen-bond donors (Lipinski definition) is 1. The van der Waals surface area contributed by atoms with E-state index in [4.69, 9.17) is 16.3 Å². The fourth-order valence-electron chi connectivity index (χ4n) is 2.72. The minimum absolute atomic E-state index is 0.0329. The van der Waals surface area contributed by atoms with E-state index in [-0.39, 0.29) is 17.9 Å². The molecule has 1 aliphatic heterocycles. The summed E-state index contributed by atoms with van der Waals surface area (Å²) < 4.78 is 5.47. The largest absolute Gasteiger partial charge is 0.375 e. The van der Waals surface area contributed by atoms with Gasteiger partial charge in [-0.1, -0.05) is 17.7 Å². The van der Waals surface area contributed by atoms with Gasteiger partial charge in [-0.2, -0.15) is 0 Å². The molecule has 0 aliphatic carbocycles. The summed E-state index contributed by atoms with van der Waals surface area (Å²) in [4.78, 5) is 26.7. The Morgan fingerprint density at radius 2 is 1.92 bits per heavy atom. The number of benzene rings is 2. The zero-order valence-electron chi connectivity index (χ0n) is 13.9. The summed E-state index contributed by atoms with van der Waals surface area (Å²) in [5.41, 5.74) is 1.62. The Morgan fingerprint density at radius 3 is 2.64 bits per heavy atom. The van der Waals surface area contributed by atoms with Crippen molar-refractivity contribution in [2.45, 2.75) is 13.0 Å². The first-order valence-corrected chi connectivity index (χ1v) is 8.48. The number of nitrogens with zero attached hydrogens (tertiary/aromatic N) is 1. The molecule has 1 heterocycles. The number of morpholine rings is 1. The zero-order chi connectivity index (χ0) is 17.8. The van der Waals surface area contributed by atoms with E-state index in [0.717, 1.165) is 0 Å². The van der Waals surface area contributed by atoms with E-state index in [0.29, 0.717) is 41.5 Å². The van der Waals surface area contributed by atoms with E-state index in [1.165, 1.54) is 0 Å². The maximum atomic E-state index is 12.6. The van der Waals surface area contributed by atoms with Crippen LogP contribution in [-0.4, -0.2) is 42.5 Å². The summed E-state index contributed by atoms with van der Waals surface area (Å²) in [5.74, 6) is -0.306. The molecular weight excluding hydrogens is 340 g/mol. The Labute approximate surface area is 151 Å². The molecule has 5 nitrogen and oxygen atoms in total. The van der Waals surface area contributed by atoms with Gasteiger partial charge in [-0.25, -0.2) is 0 Å². The molecule has 2 aromatic carbocycles. The molecule has 6 heteroatoms. The molecule has 1 N–H and O–H groups in total. The van der Waals surface area contributed by atoms with Gasteiger partial charge in [0.05, 0.1) is 12.7 Å². The lowest BCUT2D eigenvalue weighted by molar-refractivity contribution is -0.0124. The number of amides is 2. The summed E-state index contributed by atoms with van der Waals surface area (Å²) in [7, 11) is 0. The lowest BCUT2D eigenvalue weighted by atomic mass is 10.1. The van der Waals surface area contributed by atoms with Crippen molar-refractivity contribution in [1.82, 2.24) is 4.90 Å². The van der Waals surface area contributed by atoms with Crippen LogP contribution in [0.2, 0.25) is 5.02 Å². The van der Waals surface area contributed by atoms with Crippen LogP contribution < -0.4 is 5.32 Å². The number of carbonyl (C=O) groups is 2. The molecule has 25 heavy (non-hydrogen) atoms. The molecular formula is C19H19ClN2O3. The maximum absolute atomic E-state index is 12.6. The average Bonchev–Trinajstić information content (AvgIpc) is 2.62. The van der Waals surface area contributed by atoms with Crippen LogP contribution >= 0.6 is 11.6 Å². The van der Waals surface area contributed by atoms with Crippen molar-refractivity contribution < 1.29 is 14.3 Å². The number of anilines is 1. The predicted molar refractivity (Wildman–Crippen MR) is 97.2 cm³/mol. The highest BCUT2D eigenvalue weighted by molar-refractivity contribution is 6.30. The summed E-state index contributed by atoms with van der Waals surface area (Å²) in [6, 6.07) is 13.6. The van der Waals surface area contributed by atoms with Gasteiger partial charge < -0.3 is 15.0 Å². The molecule has 0 spiro atoms. The zero-order valence-corrected chi connectivity index (χ0v) is 14.6. The smallest absolute Gasteiger partial charge is 0.255 e. The Hall–Kier alpha value is -2.37. The first-order chi connectivity index (χ1) is 12.0. The van der Waals surface area contributed by atoms with Crippen LogP contribution in [0.5, 0.6) is 0 Å². The number of rotatable bonds is 3. The highest BCUT2D eigenvalue weighted by Crippen LogP contribution is 2.17. The van der Waals surface area contributed by atoms with Gasteiger partial charge in [-0.05, 0) is 49.4 Å². The minimum Gasteiger partial charge on any atom is -0.375 e. The van der Waals surface area contributed by atoms with Crippen LogP contribution in [0.3, 0.4) is 0 Å². The van der Waals surface area contributed by atoms with E-state index in [1.54, 1.807) is 53.4 Å². The number of carbonyl (C=O) groups excluding carboxylic acids is 2. The molecule has 0 bridgehead atoms. The molecule has 3 rings (SSSR count). The first kappa shape index (κ1) is 17.5. The van der Waals surface area contributed by atoms with Gasteiger partial charge in [0.15, 0.2) is 0 Å². The normalized spacial score (nSPS) is 17.2. The number of nitrogens with one attached hydrogen (secondary N) is 1. The fraction of sp³-hybridized carbons (Fsp3) is 0.263. The second-order valence-electron chi connectivity index (χ2n) is 5.97. The third-order valence-electron chi connectivity index (χ3n) is 4.00. The van der Waals surface area contributed by atoms with Gasteiger partial charge >= 0.3 is 0 Å². The van der Waals surface area contributed by atoms with Crippen LogP contribution in [0.1, 0.15) is 27.6 Å². The third kappa shape index (κ3) is 4.38. The minimum atomic E-state index is -0.249. The van der Waals surface area contributed by atoms with Gasteiger partial charge in [0, 0.05) is 34.9 Å². The highest BCUT2D eigenvalue weighted by Gasteiger charge is 2.22. The molecule has 1 fully saturated rings. The van der Waals surface area contributed by atoms with Gasteiger partial charge in [-0.15, -0.1) is 0 Å². The Kier molecular flexibility index (Phi) is 5.36. The summed E-state index contributed by atoms with van der Waals surface area (Å²) in [6.07, 6.45) is 0.0329. The van der Waals surface area contributed by atoms with E-state index in [2.05, 4.69) is 5.32 Å². The molecule has 0 radical (unpaired) electrons. The van der Waals surface area contributed by atoms with Crippen molar-refractivity contribution >= 4 is 29.1 Å². The summed E-state index contributed by atoms with van der Waals surface area (Å²) in [5, 5.41) is 3.38. The first-order valence-electron chi connectivity index (χ1n) is 8.11. The van der Waals surface area contributed by atoms with E-state index < -0.39 is 0 Å². The monoisotopic (exact) mass is 358 g/mol. The summed E-state index contributed by atoms with van der Waals surface area (Å²) in [6.45, 7) is 3.63. The van der Waals surface area contributed by atoms with Crippen LogP contribution in [0, 0.1) is 0 Å². The molecule has 0 aromatic heterocycles. The van der Waals surface area contributed by atoms with Gasteiger partial charge in [0.2, 0.25) is 0 Å². The molecule has 130 valence electrons. The van der Waals surface area contributed by atoms with E-state index >= 15 is 0 Å². The third-order valence-corrected chi connectivity index (χ3v) is 4.25. The predicted octanol–water partition coefficient (Wildman–Crippen LogP) is 3.45. The van der Waals surface area contributed by atoms with Crippen LogP contribution in [0.15, 0.2) is 48.5 Å². The summed E-state index contributed by atoms with van der Waals surface area (Å²) >= 11 is 5.83. The SMILES string of the molecule is CC1CN(C(=O)c2cccc(NC(=O)c3ccc(Cl)cc3)c2)CCO1. The lowest BCUT2D eigenvalue weighted by Gasteiger charge is -2.31. The van der Waals surface area contributed by atoms with Gasteiger partial charge in [-0.3, -0.25) is 9.59 Å². The molecule has 0 saturated carbocycles. The standard InChI is InChI=1S/C19H19ClN2O3/c1-13-12-22(9-10-25-13)19(24)15-3-2-4-17(11-15)21-18(23)14-5-7-16(20)8-6-14/h2-8,11,13H,9-10,12H2,1H3,(H,21,23). The van der Waals surface area contributed by atoms with Crippen LogP contribution in [-0.2, 0) is 4.74 Å². The molecule has 1 atom stereocenters. The molecule has 2 aromatic rings. The number of ether oxygens (including phenoxy) is 1. The quantitative estimate of drug-likeness (QED) is 0.914. The molecule has 2 amide bonds. The second kappa shape index (κ2) is 7.68. The Balaban J connectivity index is 1.71. The van der Waals surface area contributed by atoms with Crippen molar-refractivity contribution in [2.24, 2.45) is 0 Å². The number of hydrogen-bond acceptors (Lipinski definition) is 3. The van der Waals surface area contributed by atoms with Crippen molar-refractivity contribution in [3.8, 4) is 0 Å². The van der Waals surface area contributed by atoms with Crippen molar-refractivity contribution in [1.29, 1.82) is 0 Å². The lowest BCUT2D eigenvalue weighted by Crippen LogP contribution is -2.44. The van der Waals surface area contributed by atoms with Crippen molar-refractivity contribution in [3.63, 3.8) is 0 Å². The van der Waals surface area contributed by atoms with E-state index in [9.17, 15) is 9.59 Å². The van der Waals surface area contributed by atoms with Gasteiger partial charge in [0.25, 0.3) is 11.8 Å². The van der Waals surface area contributed by atoms with Crippen molar-refractivity contribution in [3.05, 3.63) is 64.7 Å². The molecule has 1 aliphatic rings. The van der Waals surface area contributed by atoms with Crippen LogP contribution in [0.25, 0.3) is 0 Å².